The third kappa shape index (κ3) is 4.02. The second-order valence-corrected chi connectivity index (χ2v) is 6.36. The number of carbonyl (C=O) groups is 2. The number of hydrogen-bond donors (Lipinski definition) is 2. The van der Waals surface area contributed by atoms with Gasteiger partial charge in [0.05, 0.1) is 0 Å². The molecule has 1 heterocycles. The van der Waals surface area contributed by atoms with Gasteiger partial charge in [-0.25, -0.2) is 4.39 Å². The molecule has 1 aromatic heterocycles. The molecule has 0 unspecified atom stereocenters. The Kier molecular flexibility index (Phi) is 5.22. The zero-order valence-electron chi connectivity index (χ0n) is 13.6. The van der Waals surface area contributed by atoms with E-state index in [2.05, 4.69) is 26.8 Å². The SMILES string of the molecule is Cc1c(C(=O)NNC(=O)COc2cccc(F)c2)oc2ccc(Br)cc12. The highest BCUT2D eigenvalue weighted by atomic mass is 79.9. The zero-order chi connectivity index (χ0) is 18.7. The molecule has 0 atom stereocenters. The number of carbonyl (C=O) groups excluding carboxylic acids is 2. The Morgan fingerprint density at radius 3 is 2.77 bits per heavy atom. The summed E-state index contributed by atoms with van der Waals surface area (Å²) in [7, 11) is 0. The average molecular weight is 421 g/mol. The summed E-state index contributed by atoms with van der Waals surface area (Å²) in [5.41, 5.74) is 5.71. The highest BCUT2D eigenvalue weighted by molar-refractivity contribution is 9.10. The number of halogens is 2. The van der Waals surface area contributed by atoms with Crippen molar-refractivity contribution in [2.24, 2.45) is 0 Å². The highest BCUT2D eigenvalue weighted by Gasteiger charge is 2.18. The number of amides is 2. The van der Waals surface area contributed by atoms with E-state index in [-0.39, 0.29) is 18.1 Å². The van der Waals surface area contributed by atoms with Gasteiger partial charge in [0.2, 0.25) is 0 Å². The number of rotatable bonds is 4. The molecule has 6 nitrogen and oxygen atoms in total. The molecule has 0 aliphatic rings. The van der Waals surface area contributed by atoms with Crippen LogP contribution in [0.2, 0.25) is 0 Å². The normalized spacial score (nSPS) is 10.6. The molecule has 0 spiro atoms. The van der Waals surface area contributed by atoms with Crippen LogP contribution in [-0.4, -0.2) is 18.4 Å². The first kappa shape index (κ1) is 17.9. The average Bonchev–Trinajstić information content (AvgIpc) is 2.94. The number of ether oxygens (including phenoxy) is 1. The van der Waals surface area contributed by atoms with Gasteiger partial charge < -0.3 is 9.15 Å². The van der Waals surface area contributed by atoms with Gasteiger partial charge in [-0.3, -0.25) is 20.4 Å². The summed E-state index contributed by atoms with van der Waals surface area (Å²) in [5, 5.41) is 0.797. The van der Waals surface area contributed by atoms with Gasteiger partial charge in [0.25, 0.3) is 5.91 Å². The monoisotopic (exact) mass is 420 g/mol. The lowest BCUT2D eigenvalue weighted by molar-refractivity contribution is -0.123. The van der Waals surface area contributed by atoms with E-state index in [0.717, 1.165) is 15.9 Å². The number of hydrazine groups is 1. The summed E-state index contributed by atoms with van der Waals surface area (Å²) in [6.07, 6.45) is 0. The molecule has 0 aliphatic carbocycles. The fourth-order valence-corrected chi connectivity index (χ4v) is 2.70. The van der Waals surface area contributed by atoms with E-state index >= 15 is 0 Å². The van der Waals surface area contributed by atoms with Crippen LogP contribution in [0.4, 0.5) is 4.39 Å². The van der Waals surface area contributed by atoms with Crippen molar-refractivity contribution in [1.29, 1.82) is 0 Å². The zero-order valence-corrected chi connectivity index (χ0v) is 15.2. The topological polar surface area (TPSA) is 80.6 Å². The lowest BCUT2D eigenvalue weighted by atomic mass is 10.1. The summed E-state index contributed by atoms with van der Waals surface area (Å²) in [5.74, 6) is -1.34. The fourth-order valence-electron chi connectivity index (χ4n) is 2.33. The fraction of sp³-hybridized carbons (Fsp3) is 0.111. The van der Waals surface area contributed by atoms with Crippen molar-refractivity contribution in [1.82, 2.24) is 10.9 Å². The smallest absolute Gasteiger partial charge is 0.305 e. The summed E-state index contributed by atoms with van der Waals surface area (Å²) in [6.45, 7) is 1.37. The first-order chi connectivity index (χ1) is 12.4. The minimum atomic E-state index is -0.598. The van der Waals surface area contributed by atoms with Gasteiger partial charge in [-0.2, -0.15) is 0 Å². The van der Waals surface area contributed by atoms with Gasteiger partial charge in [0, 0.05) is 21.5 Å². The Morgan fingerprint density at radius 1 is 1.19 bits per heavy atom. The Hall–Kier alpha value is -2.87. The Morgan fingerprint density at radius 2 is 2.00 bits per heavy atom. The molecule has 0 bridgehead atoms. The number of aryl methyl sites for hydroxylation is 1. The van der Waals surface area contributed by atoms with Gasteiger partial charge in [-0.15, -0.1) is 0 Å². The molecule has 0 aliphatic heterocycles. The molecule has 8 heteroatoms. The third-order valence-electron chi connectivity index (χ3n) is 3.59. The molecular weight excluding hydrogens is 407 g/mol. The largest absolute Gasteiger partial charge is 0.484 e. The third-order valence-corrected chi connectivity index (χ3v) is 4.08. The van der Waals surface area contributed by atoms with Crippen LogP contribution in [0.3, 0.4) is 0 Å². The molecule has 134 valence electrons. The van der Waals surface area contributed by atoms with Crippen molar-refractivity contribution >= 4 is 38.7 Å². The van der Waals surface area contributed by atoms with Crippen molar-refractivity contribution in [2.75, 3.05) is 6.61 Å². The second-order valence-electron chi connectivity index (χ2n) is 5.45. The summed E-state index contributed by atoms with van der Waals surface area (Å²) in [4.78, 5) is 24.0. The first-order valence-electron chi connectivity index (χ1n) is 7.60. The van der Waals surface area contributed by atoms with Crippen LogP contribution in [0.25, 0.3) is 11.0 Å². The van der Waals surface area contributed by atoms with E-state index in [1.807, 2.05) is 6.07 Å². The Labute approximate surface area is 156 Å². The number of hydrogen-bond acceptors (Lipinski definition) is 4. The van der Waals surface area contributed by atoms with Gasteiger partial charge in [0.15, 0.2) is 12.4 Å². The molecule has 26 heavy (non-hydrogen) atoms. The number of fused-ring (bicyclic) bond motifs is 1. The maximum absolute atomic E-state index is 13.0. The molecule has 2 aromatic carbocycles. The number of benzene rings is 2. The summed E-state index contributed by atoms with van der Waals surface area (Å²) < 4.78 is 24.6. The van der Waals surface area contributed by atoms with Gasteiger partial charge in [0.1, 0.15) is 17.1 Å². The van der Waals surface area contributed by atoms with E-state index in [1.54, 1.807) is 19.1 Å². The minimum absolute atomic E-state index is 0.101. The van der Waals surface area contributed by atoms with E-state index < -0.39 is 17.6 Å². The van der Waals surface area contributed by atoms with Crippen molar-refractivity contribution in [3.63, 3.8) is 0 Å². The van der Waals surface area contributed by atoms with Gasteiger partial charge >= 0.3 is 5.91 Å². The van der Waals surface area contributed by atoms with Crippen LogP contribution >= 0.6 is 15.9 Å². The number of nitrogens with one attached hydrogen (secondary N) is 2. The standard InChI is InChI=1S/C18H14BrFN2O4/c1-10-14-7-11(19)5-6-15(14)26-17(10)18(24)22-21-16(23)9-25-13-4-2-3-12(20)8-13/h2-8H,9H2,1H3,(H,21,23)(H,22,24). The van der Waals surface area contributed by atoms with Crippen molar-refractivity contribution < 1.29 is 23.1 Å². The van der Waals surface area contributed by atoms with Crippen LogP contribution in [0, 0.1) is 12.7 Å². The molecule has 3 rings (SSSR count). The summed E-state index contributed by atoms with van der Waals surface area (Å²) >= 11 is 3.37. The number of furan rings is 1. The van der Waals surface area contributed by atoms with Crippen LogP contribution in [0.15, 0.2) is 51.4 Å². The van der Waals surface area contributed by atoms with Crippen LogP contribution in [0.1, 0.15) is 16.1 Å². The Bertz CT molecular complexity index is 986. The van der Waals surface area contributed by atoms with Gasteiger partial charge in [-0.05, 0) is 37.3 Å². The van der Waals surface area contributed by atoms with Crippen LogP contribution < -0.4 is 15.6 Å². The predicted molar refractivity (Wildman–Crippen MR) is 96.2 cm³/mol. The molecule has 0 radical (unpaired) electrons. The molecule has 0 saturated heterocycles. The summed E-state index contributed by atoms with van der Waals surface area (Å²) in [6, 6.07) is 10.8. The van der Waals surface area contributed by atoms with E-state index in [0.29, 0.717) is 11.1 Å². The molecular formula is C18H14BrFN2O4. The van der Waals surface area contributed by atoms with Crippen molar-refractivity contribution in [2.45, 2.75) is 6.92 Å². The molecule has 0 fully saturated rings. The Balaban J connectivity index is 1.58. The van der Waals surface area contributed by atoms with E-state index in [4.69, 9.17) is 9.15 Å². The molecule has 2 N–H and O–H groups in total. The van der Waals surface area contributed by atoms with Crippen molar-refractivity contribution in [3.05, 3.63) is 64.1 Å². The molecule has 2 amide bonds. The van der Waals surface area contributed by atoms with E-state index in [1.165, 1.54) is 18.2 Å². The lowest BCUT2D eigenvalue weighted by Gasteiger charge is -2.08. The second kappa shape index (κ2) is 7.57. The lowest BCUT2D eigenvalue weighted by Crippen LogP contribution is -2.43. The molecule has 0 saturated carbocycles. The quantitative estimate of drug-likeness (QED) is 0.633. The maximum Gasteiger partial charge on any atom is 0.305 e. The molecule has 3 aromatic rings. The first-order valence-corrected chi connectivity index (χ1v) is 8.39. The van der Waals surface area contributed by atoms with E-state index in [9.17, 15) is 14.0 Å². The van der Waals surface area contributed by atoms with Crippen LogP contribution in [-0.2, 0) is 4.79 Å². The van der Waals surface area contributed by atoms with Crippen molar-refractivity contribution in [3.8, 4) is 5.75 Å². The highest BCUT2D eigenvalue weighted by Crippen LogP contribution is 2.27. The maximum atomic E-state index is 13.0. The minimum Gasteiger partial charge on any atom is -0.484 e. The van der Waals surface area contributed by atoms with Gasteiger partial charge in [-0.1, -0.05) is 22.0 Å². The van der Waals surface area contributed by atoms with Crippen LogP contribution in [0.5, 0.6) is 5.75 Å². The predicted octanol–water partition coefficient (Wildman–Crippen LogP) is 3.48.